The summed E-state index contributed by atoms with van der Waals surface area (Å²) in [5, 5.41) is 8.09. The van der Waals surface area contributed by atoms with E-state index in [-0.39, 0.29) is 0 Å². The molecule has 0 aliphatic heterocycles. The number of rotatable bonds is 2. The van der Waals surface area contributed by atoms with Crippen molar-refractivity contribution in [2.24, 2.45) is 5.73 Å². The minimum atomic E-state index is 0.356. The maximum Gasteiger partial charge on any atom is 0.181 e. The van der Waals surface area contributed by atoms with Gasteiger partial charge in [-0.2, -0.15) is 5.10 Å². The van der Waals surface area contributed by atoms with Crippen molar-refractivity contribution in [3.63, 3.8) is 0 Å². The van der Waals surface area contributed by atoms with E-state index < -0.39 is 0 Å². The molecule has 3 rings (SSSR count). The quantitative estimate of drug-likeness (QED) is 0.876. The lowest BCUT2D eigenvalue weighted by Crippen LogP contribution is -2.26. The Bertz CT molecular complexity index is 542. The summed E-state index contributed by atoms with van der Waals surface area (Å²) in [5.74, 6) is 2.19. The Labute approximate surface area is 131 Å². The second-order valence-corrected chi connectivity index (χ2v) is 5.60. The summed E-state index contributed by atoms with van der Waals surface area (Å²) in [6.45, 7) is 4.00. The minimum Gasteiger partial charge on any atom is -0.328 e. The highest BCUT2D eigenvalue weighted by atomic mass is 35.5. The van der Waals surface area contributed by atoms with Gasteiger partial charge in [-0.25, -0.2) is 4.98 Å². The summed E-state index contributed by atoms with van der Waals surface area (Å²) in [6.07, 6.45) is 4.33. The second kappa shape index (κ2) is 7.57. The van der Waals surface area contributed by atoms with Crippen LogP contribution in [0.3, 0.4) is 0 Å². The normalized spacial score (nSPS) is 21.5. The minimum absolute atomic E-state index is 0.356. The van der Waals surface area contributed by atoms with Gasteiger partial charge in [-0.1, -0.05) is 25.4 Å². The van der Waals surface area contributed by atoms with Gasteiger partial charge < -0.3 is 5.73 Å². The molecule has 21 heavy (non-hydrogen) atoms. The zero-order valence-corrected chi connectivity index (χ0v) is 13.4. The Morgan fingerprint density at radius 2 is 1.71 bits per heavy atom. The van der Waals surface area contributed by atoms with Crippen molar-refractivity contribution in [3.05, 3.63) is 35.1 Å². The number of hydrogen-bond acceptors (Lipinski definition) is 3. The summed E-state index contributed by atoms with van der Waals surface area (Å²) in [6, 6.07) is 7.94. The third-order valence-corrected chi connectivity index (χ3v) is 4.02. The molecule has 114 valence electrons. The molecule has 0 bridgehead atoms. The lowest BCUT2D eigenvalue weighted by Gasteiger charge is -2.23. The summed E-state index contributed by atoms with van der Waals surface area (Å²) < 4.78 is 0. The number of nitrogens with two attached hydrogens (primary N) is 1. The van der Waals surface area contributed by atoms with Crippen LogP contribution in [0.5, 0.6) is 0 Å². The molecule has 0 spiro atoms. The summed E-state index contributed by atoms with van der Waals surface area (Å²) in [7, 11) is 0. The van der Waals surface area contributed by atoms with Crippen molar-refractivity contribution in [2.45, 2.75) is 51.5 Å². The van der Waals surface area contributed by atoms with E-state index >= 15 is 0 Å². The van der Waals surface area contributed by atoms with Crippen LogP contribution in [0.15, 0.2) is 24.3 Å². The Kier molecular flexibility index (Phi) is 5.76. The lowest BCUT2D eigenvalue weighted by atomic mass is 9.86. The number of aromatic amines is 1. The molecule has 0 unspecified atom stereocenters. The van der Waals surface area contributed by atoms with Crippen molar-refractivity contribution in [3.8, 4) is 11.4 Å². The van der Waals surface area contributed by atoms with Crippen molar-refractivity contribution in [1.29, 1.82) is 0 Å². The third kappa shape index (κ3) is 4.05. The van der Waals surface area contributed by atoms with Gasteiger partial charge in [0.25, 0.3) is 0 Å². The fraction of sp³-hybridized carbons (Fsp3) is 0.500. The predicted molar refractivity (Wildman–Crippen MR) is 87.4 cm³/mol. The molecule has 4 nitrogen and oxygen atoms in total. The van der Waals surface area contributed by atoms with Crippen molar-refractivity contribution < 1.29 is 0 Å². The van der Waals surface area contributed by atoms with Crippen molar-refractivity contribution >= 4 is 11.6 Å². The highest BCUT2D eigenvalue weighted by molar-refractivity contribution is 6.30. The molecule has 1 saturated carbocycles. The number of halogens is 1. The van der Waals surface area contributed by atoms with Crippen molar-refractivity contribution in [2.75, 3.05) is 0 Å². The zero-order valence-electron chi connectivity index (χ0n) is 12.6. The van der Waals surface area contributed by atoms with Gasteiger partial charge in [0, 0.05) is 22.5 Å². The first-order chi connectivity index (χ1) is 10.2. The van der Waals surface area contributed by atoms with Crippen LogP contribution >= 0.6 is 11.6 Å². The molecule has 1 aliphatic carbocycles. The molecule has 1 fully saturated rings. The molecular formula is C16H23ClN4. The Hall–Kier alpha value is -1.39. The van der Waals surface area contributed by atoms with E-state index in [1.54, 1.807) is 0 Å². The Balaban J connectivity index is 0.000000774. The fourth-order valence-corrected chi connectivity index (χ4v) is 2.70. The molecule has 0 radical (unpaired) electrons. The molecule has 1 aromatic heterocycles. The van der Waals surface area contributed by atoms with Gasteiger partial charge in [-0.05, 0) is 49.9 Å². The molecule has 0 atom stereocenters. The Morgan fingerprint density at radius 1 is 1.10 bits per heavy atom. The van der Waals surface area contributed by atoms with Crippen LogP contribution in [-0.4, -0.2) is 21.2 Å². The van der Waals surface area contributed by atoms with Gasteiger partial charge in [0.2, 0.25) is 0 Å². The first kappa shape index (κ1) is 16.0. The van der Waals surface area contributed by atoms with Gasteiger partial charge in [0.05, 0.1) is 0 Å². The Morgan fingerprint density at radius 3 is 2.33 bits per heavy atom. The van der Waals surface area contributed by atoms with Crippen LogP contribution in [0.1, 0.15) is 51.3 Å². The number of aromatic nitrogens is 3. The number of nitrogens with one attached hydrogen (secondary N) is 1. The largest absolute Gasteiger partial charge is 0.328 e. The molecule has 5 heteroatoms. The molecule has 2 aromatic rings. The maximum absolute atomic E-state index is 5.93. The van der Waals surface area contributed by atoms with E-state index in [1.165, 1.54) is 0 Å². The predicted octanol–water partition coefficient (Wildman–Crippen LogP) is 4.14. The van der Waals surface area contributed by atoms with Gasteiger partial charge in [0.1, 0.15) is 5.82 Å². The molecule has 1 aromatic carbocycles. The topological polar surface area (TPSA) is 67.6 Å². The van der Waals surface area contributed by atoms with Gasteiger partial charge >= 0.3 is 0 Å². The van der Waals surface area contributed by atoms with Gasteiger partial charge in [0.15, 0.2) is 5.82 Å². The fourth-order valence-electron chi connectivity index (χ4n) is 2.58. The van der Waals surface area contributed by atoms with E-state index in [4.69, 9.17) is 17.3 Å². The lowest BCUT2D eigenvalue weighted by molar-refractivity contribution is 0.385. The van der Waals surface area contributed by atoms with Crippen LogP contribution in [0, 0.1) is 0 Å². The van der Waals surface area contributed by atoms with Gasteiger partial charge in [-0.3, -0.25) is 5.10 Å². The van der Waals surface area contributed by atoms with Crippen LogP contribution in [-0.2, 0) is 0 Å². The highest BCUT2D eigenvalue weighted by Crippen LogP contribution is 2.31. The molecular weight excluding hydrogens is 284 g/mol. The van der Waals surface area contributed by atoms with E-state index in [9.17, 15) is 0 Å². The van der Waals surface area contributed by atoms with Gasteiger partial charge in [-0.15, -0.1) is 0 Å². The molecule has 0 saturated heterocycles. The average molecular weight is 307 g/mol. The first-order valence-electron chi connectivity index (χ1n) is 7.66. The standard InChI is InChI=1S/C14H17ClN4.C2H6/c15-11-5-1-9(2-6-11)13-17-14(19-18-13)10-3-7-12(16)8-4-10;1-2/h1-2,5-6,10,12H,3-4,7-8,16H2,(H,17,18,19);1-2H3. The summed E-state index contributed by atoms with van der Waals surface area (Å²) >= 11 is 5.88. The van der Waals surface area contributed by atoms with Crippen molar-refractivity contribution in [1.82, 2.24) is 15.2 Å². The molecule has 1 aliphatic rings. The molecule has 0 amide bonds. The third-order valence-electron chi connectivity index (χ3n) is 3.76. The van der Waals surface area contributed by atoms with E-state index in [1.807, 2.05) is 38.1 Å². The van der Waals surface area contributed by atoms with E-state index in [2.05, 4.69) is 15.2 Å². The second-order valence-electron chi connectivity index (χ2n) is 5.16. The maximum atomic E-state index is 5.93. The first-order valence-corrected chi connectivity index (χ1v) is 8.04. The van der Waals surface area contributed by atoms with E-state index in [0.29, 0.717) is 12.0 Å². The smallest absolute Gasteiger partial charge is 0.181 e. The highest BCUT2D eigenvalue weighted by Gasteiger charge is 2.22. The van der Waals surface area contributed by atoms with Crippen LogP contribution in [0.4, 0.5) is 0 Å². The zero-order chi connectivity index (χ0) is 15.2. The monoisotopic (exact) mass is 306 g/mol. The summed E-state index contributed by atoms with van der Waals surface area (Å²) in [5.41, 5.74) is 6.91. The molecule has 1 heterocycles. The SMILES string of the molecule is CC.NC1CCC(c2nc(-c3ccc(Cl)cc3)n[nH]2)CC1. The van der Waals surface area contributed by atoms with Crippen LogP contribution in [0.25, 0.3) is 11.4 Å². The molecule has 3 N–H and O–H groups in total. The number of benzene rings is 1. The number of nitrogens with zero attached hydrogens (tertiary/aromatic N) is 2. The number of H-pyrrole nitrogens is 1. The van der Waals surface area contributed by atoms with Crippen LogP contribution < -0.4 is 5.73 Å². The average Bonchev–Trinajstić information content (AvgIpc) is 3.01. The van der Waals surface area contributed by atoms with Crippen LogP contribution in [0.2, 0.25) is 5.02 Å². The summed E-state index contributed by atoms with van der Waals surface area (Å²) in [4.78, 5) is 4.61. The number of hydrogen-bond donors (Lipinski definition) is 2. The van der Waals surface area contributed by atoms with E-state index in [0.717, 1.165) is 47.9 Å².